The summed E-state index contributed by atoms with van der Waals surface area (Å²) in [5.74, 6) is 1.57. The first kappa shape index (κ1) is 19.8. The van der Waals surface area contributed by atoms with Crippen molar-refractivity contribution >= 4 is 29.1 Å². The van der Waals surface area contributed by atoms with E-state index in [9.17, 15) is 4.79 Å². The zero-order valence-corrected chi connectivity index (χ0v) is 17.4. The predicted octanol–water partition coefficient (Wildman–Crippen LogP) is 5.41. The molecule has 0 aliphatic carbocycles. The smallest absolute Gasteiger partial charge is 0.254 e. The first-order valence-electron chi connectivity index (χ1n) is 8.88. The lowest BCUT2D eigenvalue weighted by Crippen LogP contribution is -2.42. The number of hydrogen-bond donors (Lipinski definition) is 0. The fourth-order valence-corrected chi connectivity index (χ4v) is 4.02. The predicted molar refractivity (Wildman–Crippen MR) is 108 cm³/mol. The van der Waals surface area contributed by atoms with Crippen molar-refractivity contribution in [2.75, 3.05) is 20.8 Å². The van der Waals surface area contributed by atoms with Gasteiger partial charge in [0, 0.05) is 12.1 Å². The number of amides is 1. The van der Waals surface area contributed by atoms with Crippen LogP contribution in [0.5, 0.6) is 11.5 Å². The molecule has 27 heavy (non-hydrogen) atoms. The van der Waals surface area contributed by atoms with Crippen LogP contribution in [0, 0.1) is 5.92 Å². The zero-order chi connectivity index (χ0) is 19.7. The molecule has 3 rings (SSSR count). The summed E-state index contributed by atoms with van der Waals surface area (Å²) in [4.78, 5) is 15.1. The average Bonchev–Trinajstić information content (AvgIpc) is 2.67. The highest BCUT2D eigenvalue weighted by Gasteiger charge is 2.34. The molecule has 144 valence electrons. The van der Waals surface area contributed by atoms with E-state index >= 15 is 0 Å². The number of methoxy groups -OCH3 is 2. The van der Waals surface area contributed by atoms with Crippen LogP contribution in [0.3, 0.4) is 0 Å². The van der Waals surface area contributed by atoms with E-state index in [1.165, 1.54) is 5.56 Å². The van der Waals surface area contributed by atoms with Crippen LogP contribution in [0.2, 0.25) is 10.0 Å². The topological polar surface area (TPSA) is 38.8 Å². The van der Waals surface area contributed by atoms with Gasteiger partial charge in [-0.15, -0.1) is 0 Å². The van der Waals surface area contributed by atoms with E-state index in [1.807, 2.05) is 17.0 Å². The molecule has 0 unspecified atom stereocenters. The Hall–Kier alpha value is -1.91. The first-order valence-corrected chi connectivity index (χ1v) is 9.63. The van der Waals surface area contributed by atoms with Gasteiger partial charge in [-0.25, -0.2) is 0 Å². The maximum atomic E-state index is 13.2. The number of benzene rings is 2. The Balaban J connectivity index is 2.03. The number of hydrogen-bond acceptors (Lipinski definition) is 3. The van der Waals surface area contributed by atoms with E-state index < -0.39 is 0 Å². The Morgan fingerprint density at radius 1 is 1.07 bits per heavy atom. The number of carbonyl (C=O) groups is 1. The molecule has 6 heteroatoms. The van der Waals surface area contributed by atoms with Crippen molar-refractivity contribution in [2.24, 2.45) is 5.92 Å². The van der Waals surface area contributed by atoms with E-state index in [-0.39, 0.29) is 17.9 Å². The lowest BCUT2D eigenvalue weighted by Gasteiger charge is -2.40. The third-order valence-electron chi connectivity index (χ3n) is 4.98. The van der Waals surface area contributed by atoms with Gasteiger partial charge in [0.25, 0.3) is 5.91 Å². The molecule has 1 amide bonds. The van der Waals surface area contributed by atoms with Crippen molar-refractivity contribution in [2.45, 2.75) is 26.3 Å². The Bertz CT molecular complexity index is 867. The van der Waals surface area contributed by atoms with E-state index in [0.717, 1.165) is 12.0 Å². The molecule has 1 atom stereocenters. The molecule has 0 bridgehead atoms. The Labute approximate surface area is 170 Å². The fraction of sp³-hybridized carbons (Fsp3) is 0.381. The summed E-state index contributed by atoms with van der Waals surface area (Å²) in [5, 5.41) is 0.821. The summed E-state index contributed by atoms with van der Waals surface area (Å²) in [6, 6.07) is 8.96. The third kappa shape index (κ3) is 3.74. The quantitative estimate of drug-likeness (QED) is 0.680. The molecule has 1 heterocycles. The van der Waals surface area contributed by atoms with Gasteiger partial charge < -0.3 is 14.4 Å². The van der Waals surface area contributed by atoms with Gasteiger partial charge in [0.1, 0.15) is 0 Å². The van der Waals surface area contributed by atoms with Crippen LogP contribution in [0.15, 0.2) is 30.3 Å². The van der Waals surface area contributed by atoms with Crippen LogP contribution < -0.4 is 9.47 Å². The van der Waals surface area contributed by atoms with Crippen molar-refractivity contribution in [1.82, 2.24) is 4.90 Å². The molecule has 0 saturated heterocycles. The Kier molecular flexibility index (Phi) is 5.87. The summed E-state index contributed by atoms with van der Waals surface area (Å²) in [7, 11) is 3.25. The van der Waals surface area contributed by atoms with Crippen molar-refractivity contribution in [3.05, 3.63) is 57.1 Å². The van der Waals surface area contributed by atoms with Crippen molar-refractivity contribution in [3.63, 3.8) is 0 Å². The second-order valence-corrected chi connectivity index (χ2v) is 7.79. The molecule has 0 aromatic heterocycles. The summed E-state index contributed by atoms with van der Waals surface area (Å²) in [6.45, 7) is 4.86. The van der Waals surface area contributed by atoms with Crippen LogP contribution in [0.4, 0.5) is 0 Å². The van der Waals surface area contributed by atoms with Crippen molar-refractivity contribution in [3.8, 4) is 11.5 Å². The maximum absolute atomic E-state index is 13.2. The normalized spacial score (nSPS) is 16.3. The minimum absolute atomic E-state index is 0.0484. The molecular formula is C21H23Cl2NO3. The number of halogens is 2. The van der Waals surface area contributed by atoms with Crippen LogP contribution >= 0.6 is 23.2 Å². The Morgan fingerprint density at radius 3 is 2.33 bits per heavy atom. The van der Waals surface area contributed by atoms with Crippen LogP contribution in [-0.2, 0) is 6.42 Å². The molecule has 0 radical (unpaired) electrons. The Morgan fingerprint density at radius 2 is 1.74 bits per heavy atom. The molecule has 0 N–H and O–H groups in total. The molecular weight excluding hydrogens is 385 g/mol. The van der Waals surface area contributed by atoms with Crippen LogP contribution in [0.25, 0.3) is 0 Å². The van der Waals surface area contributed by atoms with Gasteiger partial charge in [-0.3, -0.25) is 4.79 Å². The highest BCUT2D eigenvalue weighted by molar-refractivity contribution is 6.42. The summed E-state index contributed by atoms with van der Waals surface area (Å²) in [5.41, 5.74) is 2.82. The van der Waals surface area contributed by atoms with Crippen LogP contribution in [0.1, 0.15) is 41.4 Å². The minimum atomic E-state index is -0.0597. The maximum Gasteiger partial charge on any atom is 0.254 e. The largest absolute Gasteiger partial charge is 0.493 e. The van der Waals surface area contributed by atoms with Crippen LogP contribution in [-0.4, -0.2) is 31.6 Å². The molecule has 2 aromatic carbocycles. The monoisotopic (exact) mass is 407 g/mol. The van der Waals surface area contributed by atoms with E-state index in [4.69, 9.17) is 32.7 Å². The summed E-state index contributed by atoms with van der Waals surface area (Å²) >= 11 is 12.1. The van der Waals surface area contributed by atoms with E-state index in [2.05, 4.69) is 13.8 Å². The lowest BCUT2D eigenvalue weighted by molar-refractivity contribution is 0.0603. The SMILES string of the molecule is COc1cc2c(cc1OC)[C@H](C(C)C)N(C(=O)c1ccc(Cl)c(Cl)c1)CC2. The molecule has 4 nitrogen and oxygen atoms in total. The lowest BCUT2D eigenvalue weighted by atomic mass is 9.85. The third-order valence-corrected chi connectivity index (χ3v) is 5.72. The molecule has 0 saturated carbocycles. The van der Waals surface area contributed by atoms with Gasteiger partial charge in [-0.05, 0) is 53.8 Å². The average molecular weight is 408 g/mol. The standard InChI is InChI=1S/C21H23Cl2NO3/c1-12(2)20-15-11-19(27-4)18(26-3)10-13(15)7-8-24(20)21(25)14-5-6-16(22)17(23)9-14/h5-6,9-12,20H,7-8H2,1-4H3/t20-/m0/s1. The van der Waals surface area contributed by atoms with Gasteiger partial charge in [-0.2, -0.15) is 0 Å². The van der Waals surface area contributed by atoms with Gasteiger partial charge >= 0.3 is 0 Å². The molecule has 2 aromatic rings. The molecule has 0 spiro atoms. The second kappa shape index (κ2) is 7.99. The second-order valence-electron chi connectivity index (χ2n) is 6.97. The number of ether oxygens (including phenoxy) is 2. The zero-order valence-electron chi connectivity index (χ0n) is 15.9. The number of nitrogens with zero attached hydrogens (tertiary/aromatic N) is 1. The van der Waals surface area contributed by atoms with Gasteiger partial charge in [0.2, 0.25) is 0 Å². The molecule has 1 aliphatic heterocycles. The highest BCUT2D eigenvalue weighted by Crippen LogP contribution is 2.41. The highest BCUT2D eigenvalue weighted by atomic mass is 35.5. The van der Waals surface area contributed by atoms with Crippen molar-refractivity contribution < 1.29 is 14.3 Å². The minimum Gasteiger partial charge on any atom is -0.493 e. The van der Waals surface area contributed by atoms with Gasteiger partial charge in [0.15, 0.2) is 11.5 Å². The van der Waals surface area contributed by atoms with E-state index in [0.29, 0.717) is 33.7 Å². The summed E-state index contributed by atoms with van der Waals surface area (Å²) < 4.78 is 10.9. The first-order chi connectivity index (χ1) is 12.9. The van der Waals surface area contributed by atoms with Crippen molar-refractivity contribution in [1.29, 1.82) is 0 Å². The number of fused-ring (bicyclic) bond motifs is 1. The number of rotatable bonds is 4. The molecule has 0 fully saturated rings. The fourth-order valence-electron chi connectivity index (χ4n) is 3.72. The molecule has 1 aliphatic rings. The number of carbonyl (C=O) groups excluding carboxylic acids is 1. The van der Waals surface area contributed by atoms with Gasteiger partial charge in [-0.1, -0.05) is 37.0 Å². The van der Waals surface area contributed by atoms with Gasteiger partial charge in [0.05, 0.1) is 30.3 Å². The van der Waals surface area contributed by atoms with E-state index in [1.54, 1.807) is 32.4 Å². The summed E-state index contributed by atoms with van der Waals surface area (Å²) in [6.07, 6.45) is 0.756.